The molecule has 3 heteroatoms. The lowest BCUT2D eigenvalue weighted by atomic mass is 9.80. The van der Waals surface area contributed by atoms with Crippen molar-refractivity contribution in [1.82, 2.24) is 0 Å². The summed E-state index contributed by atoms with van der Waals surface area (Å²) in [5.41, 5.74) is -0.612. The normalized spacial score (nSPS) is 27.7. The molecule has 0 aromatic heterocycles. The number of allylic oxidation sites excluding steroid dienone is 2. The van der Waals surface area contributed by atoms with Gasteiger partial charge < -0.3 is 5.11 Å². The predicted octanol–water partition coefficient (Wildman–Crippen LogP) is 2.93. The van der Waals surface area contributed by atoms with Crippen molar-refractivity contribution in [2.24, 2.45) is 5.92 Å². The zero-order valence-corrected chi connectivity index (χ0v) is 10.2. The summed E-state index contributed by atoms with van der Waals surface area (Å²) in [5, 5.41) is 10.7. The molecular formula is C14H13ClO2. The zero-order chi connectivity index (χ0) is 12.5. The minimum absolute atomic E-state index is 0.127. The van der Waals surface area contributed by atoms with E-state index in [1.807, 2.05) is 6.07 Å². The van der Waals surface area contributed by atoms with Gasteiger partial charge in [-0.3, -0.25) is 4.79 Å². The van der Waals surface area contributed by atoms with Gasteiger partial charge in [-0.25, -0.2) is 0 Å². The van der Waals surface area contributed by atoms with Crippen LogP contribution in [0, 0.1) is 5.92 Å². The number of Topliss-reactive ketones (excluding diaryl/α,β-unsaturated/α-hetero) is 1. The molecule has 0 radical (unpaired) electrons. The van der Waals surface area contributed by atoms with Crippen LogP contribution in [0.4, 0.5) is 0 Å². The monoisotopic (exact) mass is 248 g/mol. The first-order valence-corrected chi connectivity index (χ1v) is 5.77. The van der Waals surface area contributed by atoms with Crippen LogP contribution >= 0.6 is 11.6 Å². The smallest absolute Gasteiger partial charge is 0.172 e. The molecule has 88 valence electrons. The Bertz CT molecular complexity index is 486. The highest BCUT2D eigenvalue weighted by Gasteiger charge is 2.36. The molecule has 2 atom stereocenters. The number of ketones is 1. The fraction of sp³-hybridized carbons (Fsp3) is 0.214. The van der Waals surface area contributed by atoms with Crippen LogP contribution in [0.25, 0.3) is 0 Å². The Kier molecular flexibility index (Phi) is 3.18. The Morgan fingerprint density at radius 1 is 1.35 bits per heavy atom. The average molecular weight is 249 g/mol. The number of hydrogen-bond acceptors (Lipinski definition) is 2. The number of carbonyl (C=O) groups excluding carboxylic acids is 1. The predicted molar refractivity (Wildman–Crippen MR) is 68.0 cm³/mol. The van der Waals surface area contributed by atoms with Crippen LogP contribution in [0.2, 0.25) is 0 Å². The first-order valence-electron chi connectivity index (χ1n) is 5.39. The Morgan fingerprint density at radius 3 is 2.65 bits per heavy atom. The average Bonchev–Trinajstić information content (AvgIpc) is 2.33. The molecular weight excluding hydrogens is 236 g/mol. The van der Waals surface area contributed by atoms with E-state index in [-0.39, 0.29) is 5.78 Å². The highest BCUT2D eigenvalue weighted by Crippen LogP contribution is 2.30. The lowest BCUT2D eigenvalue weighted by Gasteiger charge is -2.29. The fourth-order valence-electron chi connectivity index (χ4n) is 1.86. The molecule has 2 nitrogen and oxygen atoms in total. The van der Waals surface area contributed by atoms with Crippen LogP contribution in [-0.2, 0) is 0 Å². The van der Waals surface area contributed by atoms with Crippen LogP contribution < -0.4 is 0 Å². The molecule has 0 fully saturated rings. The lowest BCUT2D eigenvalue weighted by molar-refractivity contribution is 0.0520. The van der Waals surface area contributed by atoms with E-state index in [9.17, 15) is 9.90 Å². The van der Waals surface area contributed by atoms with E-state index in [0.717, 1.165) is 0 Å². The largest absolute Gasteiger partial charge is 0.385 e. The summed E-state index contributed by atoms with van der Waals surface area (Å²) in [5.74, 6) is -0.763. The van der Waals surface area contributed by atoms with Gasteiger partial charge in [-0.2, -0.15) is 0 Å². The summed E-state index contributed by atoms with van der Waals surface area (Å²) in [4.78, 5) is 12.3. The number of benzene rings is 1. The summed E-state index contributed by atoms with van der Waals surface area (Å²) in [6, 6.07) is 8.91. The van der Waals surface area contributed by atoms with Crippen molar-refractivity contribution >= 4 is 17.4 Å². The van der Waals surface area contributed by atoms with Crippen molar-refractivity contribution in [3.63, 3.8) is 0 Å². The Balaban J connectivity index is 2.34. The highest BCUT2D eigenvalue weighted by atomic mass is 35.5. The summed E-state index contributed by atoms with van der Waals surface area (Å²) >= 11 is 5.88. The molecule has 1 aromatic carbocycles. The summed E-state index contributed by atoms with van der Waals surface area (Å²) in [7, 11) is 0. The van der Waals surface area contributed by atoms with Gasteiger partial charge in [0, 0.05) is 10.6 Å². The number of hydrogen-bond donors (Lipinski definition) is 1. The van der Waals surface area contributed by atoms with E-state index >= 15 is 0 Å². The minimum atomic E-state index is -1.19. The zero-order valence-electron chi connectivity index (χ0n) is 9.43. The Morgan fingerprint density at radius 2 is 2.00 bits per heavy atom. The number of aliphatic hydroxyl groups is 1. The maximum Gasteiger partial charge on any atom is 0.172 e. The molecule has 0 amide bonds. The van der Waals surface area contributed by atoms with Crippen molar-refractivity contribution < 1.29 is 9.90 Å². The molecule has 2 rings (SSSR count). The third-order valence-electron chi connectivity index (χ3n) is 2.88. The van der Waals surface area contributed by atoms with E-state index in [4.69, 9.17) is 11.6 Å². The third-order valence-corrected chi connectivity index (χ3v) is 3.13. The maximum absolute atomic E-state index is 12.3. The molecule has 1 aromatic rings. The molecule has 0 heterocycles. The Labute approximate surface area is 105 Å². The topological polar surface area (TPSA) is 37.3 Å². The van der Waals surface area contributed by atoms with Crippen molar-refractivity contribution in [1.29, 1.82) is 0 Å². The van der Waals surface area contributed by atoms with Gasteiger partial charge in [0.05, 0.1) is 11.5 Å². The van der Waals surface area contributed by atoms with Gasteiger partial charge in [-0.1, -0.05) is 54.1 Å². The molecule has 0 spiro atoms. The molecule has 1 aliphatic rings. The maximum atomic E-state index is 12.3. The number of carbonyl (C=O) groups is 1. The standard InChI is InChI=1S/C14H13ClO2/c1-14(17)8-7-11(15)9-12(14)13(16)10-5-3-2-4-6-10/h2-9,12,17H,1H3. The van der Waals surface area contributed by atoms with Crippen molar-refractivity contribution in [2.75, 3.05) is 0 Å². The summed E-state index contributed by atoms with van der Waals surface area (Å²) in [6.45, 7) is 1.61. The van der Waals surface area contributed by atoms with Gasteiger partial charge in [0.2, 0.25) is 0 Å². The van der Waals surface area contributed by atoms with E-state index in [0.29, 0.717) is 10.6 Å². The second kappa shape index (κ2) is 4.47. The van der Waals surface area contributed by atoms with Crippen LogP contribution in [0.15, 0.2) is 53.6 Å². The van der Waals surface area contributed by atoms with Crippen LogP contribution in [0.5, 0.6) is 0 Å². The van der Waals surface area contributed by atoms with Gasteiger partial charge in [0.25, 0.3) is 0 Å². The van der Waals surface area contributed by atoms with Crippen molar-refractivity contribution in [2.45, 2.75) is 12.5 Å². The van der Waals surface area contributed by atoms with E-state index in [1.165, 1.54) is 0 Å². The van der Waals surface area contributed by atoms with Crippen molar-refractivity contribution in [3.8, 4) is 0 Å². The molecule has 0 saturated carbocycles. The lowest BCUT2D eigenvalue weighted by Crippen LogP contribution is -2.38. The summed E-state index contributed by atoms with van der Waals surface area (Å²) < 4.78 is 0. The van der Waals surface area contributed by atoms with Gasteiger partial charge in [-0.05, 0) is 13.0 Å². The van der Waals surface area contributed by atoms with E-state index in [2.05, 4.69) is 0 Å². The second-order valence-corrected chi connectivity index (χ2v) is 4.76. The molecule has 0 saturated heterocycles. The second-order valence-electron chi connectivity index (χ2n) is 4.32. The van der Waals surface area contributed by atoms with Crippen LogP contribution in [0.3, 0.4) is 0 Å². The van der Waals surface area contributed by atoms with E-state index in [1.54, 1.807) is 49.4 Å². The first-order chi connectivity index (χ1) is 8.00. The Hall–Kier alpha value is -1.38. The SMILES string of the molecule is CC1(O)C=CC(Cl)=CC1C(=O)c1ccccc1. The van der Waals surface area contributed by atoms with Crippen LogP contribution in [0.1, 0.15) is 17.3 Å². The van der Waals surface area contributed by atoms with E-state index < -0.39 is 11.5 Å². The fourth-order valence-corrected chi connectivity index (χ4v) is 2.05. The first kappa shape index (κ1) is 12.1. The molecule has 0 aliphatic heterocycles. The molecule has 1 aliphatic carbocycles. The van der Waals surface area contributed by atoms with Gasteiger partial charge >= 0.3 is 0 Å². The third kappa shape index (κ3) is 2.48. The minimum Gasteiger partial charge on any atom is -0.385 e. The van der Waals surface area contributed by atoms with Gasteiger partial charge in [-0.15, -0.1) is 0 Å². The number of halogens is 1. The van der Waals surface area contributed by atoms with Crippen LogP contribution in [-0.4, -0.2) is 16.5 Å². The highest BCUT2D eigenvalue weighted by molar-refractivity contribution is 6.31. The molecule has 17 heavy (non-hydrogen) atoms. The molecule has 2 unspecified atom stereocenters. The van der Waals surface area contributed by atoms with Gasteiger partial charge in [0.1, 0.15) is 0 Å². The molecule has 0 bridgehead atoms. The van der Waals surface area contributed by atoms with Gasteiger partial charge in [0.15, 0.2) is 5.78 Å². The molecule has 1 N–H and O–H groups in total. The summed E-state index contributed by atoms with van der Waals surface area (Å²) in [6.07, 6.45) is 4.76. The quantitative estimate of drug-likeness (QED) is 0.817. The van der Waals surface area contributed by atoms with Crippen molar-refractivity contribution in [3.05, 3.63) is 59.2 Å². The number of rotatable bonds is 2.